The first-order chi connectivity index (χ1) is 14.7. The van der Waals surface area contributed by atoms with Crippen molar-refractivity contribution in [2.24, 2.45) is 5.10 Å². The minimum absolute atomic E-state index is 0.110. The molecular weight excluding hydrogens is 380 g/mol. The SMILES string of the molecule is O=C(CCC(=O)N1CCC(c2ccccc2)=N1)Nc1cccc(Cn2cncn2)c1. The molecule has 4 rings (SSSR count). The molecule has 0 atom stereocenters. The molecule has 2 amide bonds. The van der Waals surface area contributed by atoms with Gasteiger partial charge in [0.2, 0.25) is 11.8 Å². The van der Waals surface area contributed by atoms with E-state index in [1.165, 1.54) is 11.3 Å². The van der Waals surface area contributed by atoms with Gasteiger partial charge < -0.3 is 5.32 Å². The quantitative estimate of drug-likeness (QED) is 0.658. The van der Waals surface area contributed by atoms with E-state index in [9.17, 15) is 9.59 Å². The van der Waals surface area contributed by atoms with Crippen LogP contribution < -0.4 is 5.32 Å². The molecule has 2 heterocycles. The topological polar surface area (TPSA) is 92.5 Å². The summed E-state index contributed by atoms with van der Waals surface area (Å²) in [5.74, 6) is -0.344. The number of nitrogens with one attached hydrogen (secondary N) is 1. The number of amides is 2. The zero-order valence-corrected chi connectivity index (χ0v) is 16.4. The Hall–Kier alpha value is -3.81. The second-order valence-corrected chi connectivity index (χ2v) is 7.02. The van der Waals surface area contributed by atoms with Gasteiger partial charge in [0.05, 0.1) is 18.8 Å². The molecule has 1 aliphatic rings. The Morgan fingerprint density at radius 3 is 2.70 bits per heavy atom. The van der Waals surface area contributed by atoms with Gasteiger partial charge in [-0.25, -0.2) is 14.7 Å². The van der Waals surface area contributed by atoms with Crippen molar-refractivity contribution >= 4 is 23.2 Å². The van der Waals surface area contributed by atoms with E-state index in [-0.39, 0.29) is 24.7 Å². The van der Waals surface area contributed by atoms with Gasteiger partial charge in [-0.15, -0.1) is 0 Å². The predicted octanol–water partition coefficient (Wildman–Crippen LogP) is 2.68. The number of hydrogen-bond acceptors (Lipinski definition) is 5. The Labute approximate surface area is 174 Å². The molecule has 0 spiro atoms. The molecule has 0 radical (unpaired) electrons. The molecule has 0 saturated carbocycles. The maximum absolute atomic E-state index is 12.4. The number of anilines is 1. The van der Waals surface area contributed by atoms with E-state index in [0.717, 1.165) is 23.3 Å². The van der Waals surface area contributed by atoms with Gasteiger partial charge in [-0.05, 0) is 23.3 Å². The molecule has 0 bridgehead atoms. The van der Waals surface area contributed by atoms with Gasteiger partial charge in [0.1, 0.15) is 12.7 Å². The van der Waals surface area contributed by atoms with Crippen LogP contribution in [0.15, 0.2) is 72.4 Å². The molecule has 0 aliphatic carbocycles. The van der Waals surface area contributed by atoms with Crippen LogP contribution in [0.1, 0.15) is 30.4 Å². The first-order valence-corrected chi connectivity index (χ1v) is 9.82. The summed E-state index contributed by atoms with van der Waals surface area (Å²) in [5, 5.41) is 12.8. The molecular formula is C22H22N6O2. The zero-order chi connectivity index (χ0) is 20.8. The average Bonchev–Trinajstić information content (AvgIpc) is 3.45. The molecule has 1 N–H and O–H groups in total. The number of hydrazone groups is 1. The van der Waals surface area contributed by atoms with Crippen LogP contribution in [-0.2, 0) is 16.1 Å². The fraction of sp³-hybridized carbons (Fsp3) is 0.227. The molecule has 152 valence electrons. The third kappa shape index (κ3) is 4.96. The fourth-order valence-corrected chi connectivity index (χ4v) is 3.29. The molecule has 8 nitrogen and oxygen atoms in total. The summed E-state index contributed by atoms with van der Waals surface area (Å²) in [6, 6.07) is 17.4. The van der Waals surface area contributed by atoms with Crippen LogP contribution >= 0.6 is 0 Å². The number of carbonyl (C=O) groups excluding carboxylic acids is 2. The first-order valence-electron chi connectivity index (χ1n) is 9.82. The van der Waals surface area contributed by atoms with E-state index in [1.807, 2.05) is 54.6 Å². The molecule has 8 heteroatoms. The molecule has 3 aromatic rings. The van der Waals surface area contributed by atoms with E-state index in [1.54, 1.807) is 11.0 Å². The minimum atomic E-state index is -0.201. The van der Waals surface area contributed by atoms with Crippen molar-refractivity contribution in [3.05, 3.63) is 78.4 Å². The second-order valence-electron chi connectivity index (χ2n) is 7.02. The molecule has 1 aromatic heterocycles. The standard InChI is InChI=1S/C22H22N6O2/c29-21(25-19-8-4-5-17(13-19)14-27-16-23-15-24-27)9-10-22(30)28-12-11-20(26-28)18-6-2-1-3-7-18/h1-8,13,15-16H,9-12,14H2,(H,25,29). The number of aromatic nitrogens is 3. The molecule has 2 aromatic carbocycles. The van der Waals surface area contributed by atoms with Gasteiger partial charge in [0, 0.05) is 24.9 Å². The van der Waals surface area contributed by atoms with Crippen molar-refractivity contribution in [3.8, 4) is 0 Å². The Balaban J connectivity index is 1.28. The number of nitrogens with zero attached hydrogens (tertiary/aromatic N) is 5. The highest BCUT2D eigenvalue weighted by atomic mass is 16.2. The Bertz CT molecular complexity index is 1050. The maximum atomic E-state index is 12.4. The summed E-state index contributed by atoms with van der Waals surface area (Å²) in [4.78, 5) is 28.7. The number of rotatable bonds is 7. The van der Waals surface area contributed by atoms with Crippen molar-refractivity contribution < 1.29 is 9.59 Å². The lowest BCUT2D eigenvalue weighted by Gasteiger charge is -2.11. The van der Waals surface area contributed by atoms with Gasteiger partial charge in [0.15, 0.2) is 0 Å². The van der Waals surface area contributed by atoms with Crippen molar-refractivity contribution in [1.29, 1.82) is 0 Å². The number of carbonyl (C=O) groups is 2. The monoisotopic (exact) mass is 402 g/mol. The normalized spacial score (nSPS) is 13.2. The minimum Gasteiger partial charge on any atom is -0.326 e. The summed E-state index contributed by atoms with van der Waals surface area (Å²) in [6.07, 6.45) is 4.08. The summed E-state index contributed by atoms with van der Waals surface area (Å²) in [7, 11) is 0. The van der Waals surface area contributed by atoms with E-state index in [4.69, 9.17) is 0 Å². The first kappa shape index (κ1) is 19.5. The van der Waals surface area contributed by atoms with Crippen LogP contribution in [0.5, 0.6) is 0 Å². The van der Waals surface area contributed by atoms with Gasteiger partial charge >= 0.3 is 0 Å². The lowest BCUT2D eigenvalue weighted by atomic mass is 10.1. The summed E-state index contributed by atoms with van der Waals surface area (Å²) < 4.78 is 1.71. The lowest BCUT2D eigenvalue weighted by molar-refractivity contribution is -0.132. The third-order valence-electron chi connectivity index (χ3n) is 4.78. The Kier molecular flexibility index (Phi) is 5.93. The second kappa shape index (κ2) is 9.13. The summed E-state index contributed by atoms with van der Waals surface area (Å²) in [5.41, 5.74) is 3.61. The van der Waals surface area contributed by atoms with Gasteiger partial charge in [-0.1, -0.05) is 42.5 Å². The van der Waals surface area contributed by atoms with Crippen LogP contribution in [0.3, 0.4) is 0 Å². The molecule has 1 aliphatic heterocycles. The molecule has 0 fully saturated rings. The van der Waals surface area contributed by atoms with E-state index < -0.39 is 0 Å². The van der Waals surface area contributed by atoms with Crippen molar-refractivity contribution in [2.45, 2.75) is 25.8 Å². The van der Waals surface area contributed by atoms with Gasteiger partial charge in [-0.2, -0.15) is 10.2 Å². The zero-order valence-electron chi connectivity index (χ0n) is 16.4. The van der Waals surface area contributed by atoms with Crippen molar-refractivity contribution in [1.82, 2.24) is 19.8 Å². The Morgan fingerprint density at radius 2 is 1.90 bits per heavy atom. The highest BCUT2D eigenvalue weighted by Gasteiger charge is 2.21. The van der Waals surface area contributed by atoms with Crippen LogP contribution in [0.25, 0.3) is 0 Å². The summed E-state index contributed by atoms with van der Waals surface area (Å²) in [6.45, 7) is 1.12. The summed E-state index contributed by atoms with van der Waals surface area (Å²) >= 11 is 0. The van der Waals surface area contributed by atoms with Gasteiger partial charge in [0.25, 0.3) is 0 Å². The lowest BCUT2D eigenvalue weighted by Crippen LogP contribution is -2.25. The van der Waals surface area contributed by atoms with Gasteiger partial charge in [-0.3, -0.25) is 9.59 Å². The van der Waals surface area contributed by atoms with E-state index in [0.29, 0.717) is 18.8 Å². The predicted molar refractivity (Wildman–Crippen MR) is 113 cm³/mol. The van der Waals surface area contributed by atoms with E-state index in [2.05, 4.69) is 20.5 Å². The highest BCUT2D eigenvalue weighted by Crippen LogP contribution is 2.16. The average molecular weight is 402 g/mol. The molecule has 30 heavy (non-hydrogen) atoms. The maximum Gasteiger partial charge on any atom is 0.243 e. The van der Waals surface area contributed by atoms with Crippen molar-refractivity contribution in [3.63, 3.8) is 0 Å². The van der Waals surface area contributed by atoms with Crippen LogP contribution in [0.2, 0.25) is 0 Å². The molecule has 0 saturated heterocycles. The van der Waals surface area contributed by atoms with Crippen molar-refractivity contribution in [2.75, 3.05) is 11.9 Å². The largest absolute Gasteiger partial charge is 0.326 e. The fourth-order valence-electron chi connectivity index (χ4n) is 3.29. The van der Waals surface area contributed by atoms with Crippen LogP contribution in [0, 0.1) is 0 Å². The number of hydrogen-bond donors (Lipinski definition) is 1. The smallest absolute Gasteiger partial charge is 0.243 e. The molecule has 0 unspecified atom stereocenters. The van der Waals surface area contributed by atoms with E-state index >= 15 is 0 Å². The van der Waals surface area contributed by atoms with Crippen LogP contribution in [0.4, 0.5) is 5.69 Å². The third-order valence-corrected chi connectivity index (χ3v) is 4.78. The Morgan fingerprint density at radius 1 is 1.03 bits per heavy atom. The number of benzene rings is 2. The highest BCUT2D eigenvalue weighted by molar-refractivity contribution is 6.02. The van der Waals surface area contributed by atoms with Crippen LogP contribution in [-0.4, -0.2) is 43.8 Å².